The first kappa shape index (κ1) is 16.1. The number of fused-ring (bicyclic) bond motifs is 2. The van der Waals surface area contributed by atoms with Crippen molar-refractivity contribution in [3.8, 4) is 17.3 Å². The second kappa shape index (κ2) is 5.98. The Morgan fingerprint density at radius 1 is 1.30 bits per heavy atom. The lowest BCUT2D eigenvalue weighted by atomic mass is 9.94. The topological polar surface area (TPSA) is 115 Å². The molecule has 1 aliphatic carbocycles. The Morgan fingerprint density at radius 3 is 2.96 bits per heavy atom. The maximum Gasteiger partial charge on any atom is 0.204 e. The van der Waals surface area contributed by atoms with Crippen molar-refractivity contribution < 1.29 is 5.11 Å². The molecule has 9 heteroatoms. The fourth-order valence-corrected chi connectivity index (χ4v) is 4.19. The van der Waals surface area contributed by atoms with Crippen molar-refractivity contribution in [3.05, 3.63) is 46.7 Å². The first-order chi connectivity index (χ1) is 13.2. The molecular weight excluding hydrogens is 410 g/mol. The third-order valence-electron chi connectivity index (χ3n) is 4.81. The summed E-state index contributed by atoms with van der Waals surface area (Å²) in [6.45, 7) is 0. The fourth-order valence-electron chi connectivity index (χ4n) is 3.63. The third kappa shape index (κ3) is 2.38. The lowest BCUT2D eigenvalue weighted by Gasteiger charge is -2.11. The van der Waals surface area contributed by atoms with Crippen molar-refractivity contribution in [2.24, 2.45) is 9.98 Å². The van der Waals surface area contributed by atoms with Crippen molar-refractivity contribution in [2.75, 3.05) is 7.05 Å². The van der Waals surface area contributed by atoms with Gasteiger partial charge < -0.3 is 10.1 Å². The van der Waals surface area contributed by atoms with Crippen LogP contribution in [0.15, 0.2) is 34.3 Å². The molecule has 5 rings (SSSR count). The second-order valence-electron chi connectivity index (χ2n) is 6.29. The molecule has 1 aromatic carbocycles. The predicted octanol–water partition coefficient (Wildman–Crippen LogP) is 3.14. The molecule has 0 amide bonds. The molecule has 134 valence electrons. The molecule has 0 spiro atoms. The maximum atomic E-state index is 10.6. The SMILES string of the molecule is CN=C1C(c2c(O)[nH]c3c2CCC=C3Br)=Nc2ccc(-c3nn[nH]n3)cc21. The Hall–Kier alpha value is -3.07. The summed E-state index contributed by atoms with van der Waals surface area (Å²) >= 11 is 3.56. The Bertz CT molecular complexity index is 1150. The van der Waals surface area contributed by atoms with Crippen LogP contribution in [0.4, 0.5) is 5.69 Å². The summed E-state index contributed by atoms with van der Waals surface area (Å²) in [5, 5.41) is 24.7. The van der Waals surface area contributed by atoms with Crippen LogP contribution in [0, 0.1) is 0 Å². The van der Waals surface area contributed by atoms with Crippen LogP contribution < -0.4 is 0 Å². The minimum Gasteiger partial charge on any atom is -0.494 e. The quantitative estimate of drug-likeness (QED) is 0.586. The summed E-state index contributed by atoms with van der Waals surface area (Å²) in [7, 11) is 1.73. The highest BCUT2D eigenvalue weighted by molar-refractivity contribution is 9.15. The Morgan fingerprint density at radius 2 is 2.19 bits per heavy atom. The molecule has 3 heterocycles. The van der Waals surface area contributed by atoms with E-state index in [0.717, 1.165) is 51.1 Å². The molecule has 0 radical (unpaired) electrons. The van der Waals surface area contributed by atoms with Gasteiger partial charge in [-0.1, -0.05) is 6.08 Å². The van der Waals surface area contributed by atoms with E-state index >= 15 is 0 Å². The molecule has 0 bridgehead atoms. The lowest BCUT2D eigenvalue weighted by molar-refractivity contribution is 0.456. The van der Waals surface area contributed by atoms with E-state index in [1.165, 1.54) is 0 Å². The third-order valence-corrected chi connectivity index (χ3v) is 5.53. The standard InChI is InChI=1S/C18H14BrN7O/c1-20-15-10-7-8(17-23-25-26-24-17)5-6-12(10)21-16(15)13-9-3-2-4-11(19)14(9)22-18(13)27/h4-7,22,27H,2-3H2,1H3,(H,23,24,25,26). The number of aromatic hydroxyl groups is 1. The maximum absolute atomic E-state index is 10.6. The number of aromatic amines is 2. The average molecular weight is 424 g/mol. The van der Waals surface area contributed by atoms with Gasteiger partial charge in [0.1, 0.15) is 5.71 Å². The molecule has 2 aromatic heterocycles. The number of nitrogens with zero attached hydrogens (tertiary/aromatic N) is 5. The minimum absolute atomic E-state index is 0.110. The number of tetrazole rings is 1. The predicted molar refractivity (Wildman–Crippen MR) is 106 cm³/mol. The minimum atomic E-state index is 0.110. The molecule has 27 heavy (non-hydrogen) atoms. The number of benzene rings is 1. The number of halogens is 1. The van der Waals surface area contributed by atoms with Gasteiger partial charge in [-0.05, 0) is 57.7 Å². The number of allylic oxidation sites excluding steroid dienone is 1. The second-order valence-corrected chi connectivity index (χ2v) is 7.15. The lowest BCUT2D eigenvalue weighted by Crippen LogP contribution is -2.14. The summed E-state index contributed by atoms with van der Waals surface area (Å²) < 4.78 is 0.954. The van der Waals surface area contributed by atoms with Gasteiger partial charge in [0.05, 0.1) is 22.7 Å². The summed E-state index contributed by atoms with van der Waals surface area (Å²) in [5.41, 5.74) is 6.59. The van der Waals surface area contributed by atoms with Crippen molar-refractivity contribution in [1.29, 1.82) is 0 Å². The number of H-pyrrole nitrogens is 2. The van der Waals surface area contributed by atoms with Crippen molar-refractivity contribution in [1.82, 2.24) is 25.6 Å². The van der Waals surface area contributed by atoms with E-state index in [1.54, 1.807) is 7.05 Å². The van der Waals surface area contributed by atoms with Gasteiger partial charge in [-0.25, -0.2) is 4.99 Å². The first-order valence-electron chi connectivity index (χ1n) is 8.41. The van der Waals surface area contributed by atoms with Crippen LogP contribution in [0.1, 0.15) is 28.8 Å². The van der Waals surface area contributed by atoms with Crippen LogP contribution >= 0.6 is 15.9 Å². The normalized spacial score (nSPS) is 16.9. The van der Waals surface area contributed by atoms with Crippen LogP contribution in [0.2, 0.25) is 0 Å². The molecule has 0 saturated heterocycles. The Balaban J connectivity index is 1.64. The van der Waals surface area contributed by atoms with E-state index < -0.39 is 0 Å². The van der Waals surface area contributed by atoms with Crippen LogP contribution in [0.5, 0.6) is 5.88 Å². The van der Waals surface area contributed by atoms with Gasteiger partial charge in [0.2, 0.25) is 5.82 Å². The zero-order valence-corrected chi connectivity index (χ0v) is 15.9. The Kier molecular flexibility index (Phi) is 3.57. The van der Waals surface area contributed by atoms with Crippen molar-refractivity contribution in [2.45, 2.75) is 12.8 Å². The number of aliphatic imine (C=N–C) groups is 2. The molecule has 0 fully saturated rings. The van der Waals surface area contributed by atoms with E-state index in [4.69, 9.17) is 4.99 Å². The number of hydrogen-bond donors (Lipinski definition) is 3. The van der Waals surface area contributed by atoms with Gasteiger partial charge in [-0.2, -0.15) is 5.21 Å². The molecular formula is C18H14BrN7O. The molecule has 0 atom stereocenters. The average Bonchev–Trinajstić information content (AvgIpc) is 3.37. The summed E-state index contributed by atoms with van der Waals surface area (Å²) in [5.74, 6) is 0.621. The van der Waals surface area contributed by atoms with E-state index in [9.17, 15) is 5.11 Å². The van der Waals surface area contributed by atoms with E-state index in [0.29, 0.717) is 17.1 Å². The summed E-state index contributed by atoms with van der Waals surface area (Å²) in [4.78, 5) is 12.3. The summed E-state index contributed by atoms with van der Waals surface area (Å²) in [6.07, 6.45) is 3.83. The number of nitrogens with one attached hydrogen (secondary N) is 2. The highest BCUT2D eigenvalue weighted by Crippen LogP contribution is 2.40. The van der Waals surface area contributed by atoms with E-state index in [1.807, 2.05) is 18.2 Å². The highest BCUT2D eigenvalue weighted by Gasteiger charge is 2.31. The van der Waals surface area contributed by atoms with Crippen LogP contribution in [-0.2, 0) is 6.42 Å². The van der Waals surface area contributed by atoms with Gasteiger partial charge in [0.15, 0.2) is 5.88 Å². The van der Waals surface area contributed by atoms with Gasteiger partial charge in [-0.3, -0.25) is 4.99 Å². The number of rotatable bonds is 2. The first-order valence-corrected chi connectivity index (χ1v) is 9.21. The number of aromatic nitrogens is 5. The zero-order chi connectivity index (χ0) is 18.5. The van der Waals surface area contributed by atoms with Crippen molar-refractivity contribution in [3.63, 3.8) is 0 Å². The summed E-state index contributed by atoms with van der Waals surface area (Å²) in [6, 6.07) is 5.76. The molecule has 0 saturated carbocycles. The number of hydrogen-bond acceptors (Lipinski definition) is 6. The van der Waals surface area contributed by atoms with Crippen LogP contribution in [-0.4, -0.2) is 49.2 Å². The zero-order valence-electron chi connectivity index (χ0n) is 14.3. The van der Waals surface area contributed by atoms with Crippen molar-refractivity contribution >= 4 is 37.5 Å². The molecule has 3 aromatic rings. The van der Waals surface area contributed by atoms with Gasteiger partial charge in [0, 0.05) is 22.7 Å². The Labute approximate surface area is 162 Å². The van der Waals surface area contributed by atoms with E-state index in [2.05, 4.69) is 52.6 Å². The highest BCUT2D eigenvalue weighted by atomic mass is 79.9. The fraction of sp³-hybridized carbons (Fsp3) is 0.167. The van der Waals surface area contributed by atoms with Gasteiger partial charge in [-0.15, -0.1) is 10.2 Å². The largest absolute Gasteiger partial charge is 0.494 e. The molecule has 3 N–H and O–H groups in total. The molecule has 0 unspecified atom stereocenters. The molecule has 8 nitrogen and oxygen atoms in total. The van der Waals surface area contributed by atoms with Crippen LogP contribution in [0.25, 0.3) is 15.9 Å². The van der Waals surface area contributed by atoms with Gasteiger partial charge in [0.25, 0.3) is 0 Å². The van der Waals surface area contributed by atoms with E-state index in [-0.39, 0.29) is 5.88 Å². The smallest absolute Gasteiger partial charge is 0.204 e. The van der Waals surface area contributed by atoms with Gasteiger partial charge >= 0.3 is 0 Å². The molecule has 1 aliphatic heterocycles. The monoisotopic (exact) mass is 423 g/mol. The molecule has 2 aliphatic rings. The van der Waals surface area contributed by atoms with Crippen LogP contribution in [0.3, 0.4) is 0 Å².